The Hall–Kier alpha value is -1.55. The van der Waals surface area contributed by atoms with Crippen molar-refractivity contribution >= 4 is 11.6 Å². The zero-order valence-electron chi connectivity index (χ0n) is 12.2. The first-order valence-electron chi connectivity index (χ1n) is 7.16. The monoisotopic (exact) mass is 304 g/mol. The number of nitrogens with two attached hydrogens (primary N) is 1. The molecule has 0 bridgehead atoms. The lowest BCUT2D eigenvalue weighted by Crippen LogP contribution is -2.32. The second-order valence-corrected chi connectivity index (χ2v) is 5.41. The lowest BCUT2D eigenvalue weighted by atomic mass is 10.0. The molecule has 112 valence electrons. The maximum Gasteiger partial charge on any atom is 0.119 e. The van der Waals surface area contributed by atoms with Crippen LogP contribution in [-0.4, -0.2) is 6.61 Å². The van der Waals surface area contributed by atoms with Crippen LogP contribution in [0.3, 0.4) is 0 Å². The largest absolute Gasteiger partial charge is 0.492 e. The van der Waals surface area contributed by atoms with Crippen LogP contribution in [0.2, 0.25) is 5.02 Å². The normalized spacial score (nSPS) is 12.1. The summed E-state index contributed by atoms with van der Waals surface area (Å²) in [5.74, 6) is 6.42. The molecule has 3 N–H and O–H groups in total. The van der Waals surface area contributed by atoms with Gasteiger partial charge in [0, 0.05) is 5.02 Å². The predicted molar refractivity (Wildman–Crippen MR) is 87.4 cm³/mol. The van der Waals surface area contributed by atoms with E-state index in [1.807, 2.05) is 12.1 Å². The maximum atomic E-state index is 5.85. The lowest BCUT2D eigenvalue weighted by molar-refractivity contribution is 0.267. The SMILES string of the molecule is CCCc1ccc(C(COc2ccc(Cl)cc2)NN)cc1. The number of benzene rings is 2. The Balaban J connectivity index is 1.97. The van der Waals surface area contributed by atoms with Gasteiger partial charge in [0.15, 0.2) is 0 Å². The van der Waals surface area contributed by atoms with Gasteiger partial charge in [0.05, 0.1) is 6.04 Å². The number of hydrazine groups is 1. The number of nitrogens with one attached hydrogen (secondary N) is 1. The molecule has 0 heterocycles. The van der Waals surface area contributed by atoms with Crippen molar-refractivity contribution in [2.45, 2.75) is 25.8 Å². The van der Waals surface area contributed by atoms with Crippen LogP contribution in [0.5, 0.6) is 5.75 Å². The van der Waals surface area contributed by atoms with Crippen molar-refractivity contribution < 1.29 is 4.74 Å². The van der Waals surface area contributed by atoms with E-state index in [2.05, 4.69) is 36.6 Å². The van der Waals surface area contributed by atoms with E-state index in [1.54, 1.807) is 12.1 Å². The molecule has 4 heteroatoms. The molecule has 0 saturated carbocycles. The Bertz CT molecular complexity index is 540. The number of ether oxygens (including phenoxy) is 1. The molecular weight excluding hydrogens is 284 g/mol. The zero-order chi connectivity index (χ0) is 15.1. The molecule has 2 aromatic rings. The summed E-state index contributed by atoms with van der Waals surface area (Å²) < 4.78 is 5.75. The van der Waals surface area contributed by atoms with Gasteiger partial charge in [-0.2, -0.15) is 0 Å². The van der Waals surface area contributed by atoms with E-state index in [0.29, 0.717) is 11.6 Å². The molecule has 0 saturated heterocycles. The number of halogens is 1. The molecular formula is C17H21ClN2O. The highest BCUT2D eigenvalue weighted by Gasteiger charge is 2.10. The molecule has 0 aromatic heterocycles. The molecule has 2 rings (SSSR count). The number of aryl methyl sites for hydroxylation is 1. The fraction of sp³-hybridized carbons (Fsp3) is 0.294. The summed E-state index contributed by atoms with van der Waals surface area (Å²) >= 11 is 5.85. The molecule has 2 aromatic carbocycles. The minimum Gasteiger partial charge on any atom is -0.492 e. The van der Waals surface area contributed by atoms with E-state index in [1.165, 1.54) is 5.56 Å². The minimum atomic E-state index is -0.0450. The Morgan fingerprint density at radius 2 is 1.76 bits per heavy atom. The Kier molecular flexibility index (Phi) is 6.05. The minimum absolute atomic E-state index is 0.0450. The van der Waals surface area contributed by atoms with Gasteiger partial charge in [-0.1, -0.05) is 49.2 Å². The predicted octanol–water partition coefficient (Wildman–Crippen LogP) is 3.88. The summed E-state index contributed by atoms with van der Waals surface area (Å²) in [6, 6.07) is 15.7. The fourth-order valence-electron chi connectivity index (χ4n) is 2.16. The van der Waals surface area contributed by atoms with Crippen molar-refractivity contribution in [1.82, 2.24) is 5.43 Å². The van der Waals surface area contributed by atoms with Crippen molar-refractivity contribution in [3.8, 4) is 5.75 Å². The van der Waals surface area contributed by atoms with Gasteiger partial charge in [-0.3, -0.25) is 5.84 Å². The molecule has 0 radical (unpaired) electrons. The van der Waals surface area contributed by atoms with Gasteiger partial charge < -0.3 is 4.74 Å². The Morgan fingerprint density at radius 1 is 1.10 bits per heavy atom. The van der Waals surface area contributed by atoms with Gasteiger partial charge in [-0.05, 0) is 41.8 Å². The summed E-state index contributed by atoms with van der Waals surface area (Å²) in [4.78, 5) is 0. The summed E-state index contributed by atoms with van der Waals surface area (Å²) in [5.41, 5.74) is 5.26. The molecule has 0 aliphatic carbocycles. The molecule has 0 aliphatic rings. The second-order valence-electron chi connectivity index (χ2n) is 4.98. The van der Waals surface area contributed by atoms with E-state index in [-0.39, 0.29) is 6.04 Å². The van der Waals surface area contributed by atoms with Crippen molar-refractivity contribution in [1.29, 1.82) is 0 Å². The van der Waals surface area contributed by atoms with Crippen molar-refractivity contribution in [2.75, 3.05) is 6.61 Å². The van der Waals surface area contributed by atoms with Crippen LogP contribution >= 0.6 is 11.6 Å². The first kappa shape index (κ1) is 15.8. The highest BCUT2D eigenvalue weighted by molar-refractivity contribution is 6.30. The first-order valence-corrected chi connectivity index (χ1v) is 7.54. The smallest absolute Gasteiger partial charge is 0.119 e. The van der Waals surface area contributed by atoms with Crippen LogP contribution in [0.25, 0.3) is 0 Å². The highest BCUT2D eigenvalue weighted by atomic mass is 35.5. The van der Waals surface area contributed by atoms with E-state index in [9.17, 15) is 0 Å². The Morgan fingerprint density at radius 3 is 2.33 bits per heavy atom. The molecule has 3 nitrogen and oxygen atoms in total. The van der Waals surface area contributed by atoms with Crippen LogP contribution in [-0.2, 0) is 6.42 Å². The van der Waals surface area contributed by atoms with Crippen LogP contribution in [0.4, 0.5) is 0 Å². The molecule has 0 amide bonds. The number of hydrogen-bond acceptors (Lipinski definition) is 3. The van der Waals surface area contributed by atoms with Crippen LogP contribution < -0.4 is 16.0 Å². The maximum absolute atomic E-state index is 5.85. The van der Waals surface area contributed by atoms with Crippen LogP contribution in [0.15, 0.2) is 48.5 Å². The van der Waals surface area contributed by atoms with Gasteiger partial charge >= 0.3 is 0 Å². The average molecular weight is 305 g/mol. The summed E-state index contributed by atoms with van der Waals surface area (Å²) in [6.07, 6.45) is 2.25. The lowest BCUT2D eigenvalue weighted by Gasteiger charge is -2.17. The third-order valence-corrected chi connectivity index (χ3v) is 3.60. The van der Waals surface area contributed by atoms with Crippen LogP contribution in [0, 0.1) is 0 Å². The van der Waals surface area contributed by atoms with E-state index in [4.69, 9.17) is 22.2 Å². The Labute approximate surface area is 131 Å². The molecule has 1 atom stereocenters. The summed E-state index contributed by atoms with van der Waals surface area (Å²) in [5, 5.41) is 0.697. The van der Waals surface area contributed by atoms with Crippen molar-refractivity contribution in [2.24, 2.45) is 5.84 Å². The van der Waals surface area contributed by atoms with Gasteiger partial charge in [-0.25, -0.2) is 5.43 Å². The topological polar surface area (TPSA) is 47.3 Å². The van der Waals surface area contributed by atoms with E-state index in [0.717, 1.165) is 24.2 Å². The van der Waals surface area contributed by atoms with Crippen molar-refractivity contribution in [3.05, 3.63) is 64.7 Å². The second kappa shape index (κ2) is 8.03. The first-order chi connectivity index (χ1) is 10.2. The number of rotatable bonds is 7. The van der Waals surface area contributed by atoms with E-state index < -0.39 is 0 Å². The zero-order valence-corrected chi connectivity index (χ0v) is 12.9. The molecule has 1 unspecified atom stereocenters. The van der Waals surface area contributed by atoms with Crippen LogP contribution in [0.1, 0.15) is 30.5 Å². The third-order valence-electron chi connectivity index (χ3n) is 3.35. The van der Waals surface area contributed by atoms with Gasteiger partial charge in [0.2, 0.25) is 0 Å². The molecule has 0 aliphatic heterocycles. The number of hydrogen-bond donors (Lipinski definition) is 2. The molecule has 0 spiro atoms. The van der Waals surface area contributed by atoms with E-state index >= 15 is 0 Å². The van der Waals surface area contributed by atoms with Gasteiger partial charge in [0.1, 0.15) is 12.4 Å². The summed E-state index contributed by atoms with van der Waals surface area (Å²) in [6.45, 7) is 2.64. The molecule has 0 fully saturated rings. The quantitative estimate of drug-likeness (QED) is 0.603. The van der Waals surface area contributed by atoms with Crippen molar-refractivity contribution in [3.63, 3.8) is 0 Å². The third kappa shape index (κ3) is 4.74. The highest BCUT2D eigenvalue weighted by Crippen LogP contribution is 2.19. The van der Waals surface area contributed by atoms with Gasteiger partial charge in [-0.15, -0.1) is 0 Å². The van der Waals surface area contributed by atoms with Gasteiger partial charge in [0.25, 0.3) is 0 Å². The fourth-order valence-corrected chi connectivity index (χ4v) is 2.28. The molecule has 21 heavy (non-hydrogen) atoms. The average Bonchev–Trinajstić information content (AvgIpc) is 2.51. The summed E-state index contributed by atoms with van der Waals surface area (Å²) in [7, 11) is 0. The standard InChI is InChI=1S/C17H21ClN2O/c1-2-3-13-4-6-14(7-5-13)17(20-19)12-21-16-10-8-15(18)9-11-16/h4-11,17,20H,2-3,12,19H2,1H3.